The van der Waals surface area contributed by atoms with Crippen molar-refractivity contribution in [1.82, 2.24) is 0 Å². The zero-order valence-electron chi connectivity index (χ0n) is 23.9. The SMILES string of the molecule is COc1ccc(Cl)c(Oc2c(OCCO)cc(C(=O)Nc3ccccc3)cc2N(C2=COC(Cc3ccccc3)O2)S(=O)O)c1. The van der Waals surface area contributed by atoms with Crippen molar-refractivity contribution in [3.8, 4) is 23.0 Å². The van der Waals surface area contributed by atoms with Crippen molar-refractivity contribution in [1.29, 1.82) is 0 Å². The van der Waals surface area contributed by atoms with Crippen molar-refractivity contribution in [2.75, 3.05) is 29.9 Å². The molecule has 0 saturated heterocycles. The van der Waals surface area contributed by atoms with Gasteiger partial charge < -0.3 is 34.1 Å². The highest BCUT2D eigenvalue weighted by Crippen LogP contribution is 2.46. The van der Waals surface area contributed by atoms with E-state index in [1.165, 1.54) is 31.6 Å². The molecular weight excluding hydrogens is 624 g/mol. The summed E-state index contributed by atoms with van der Waals surface area (Å²) in [6.45, 7) is -0.552. The molecule has 4 aromatic rings. The number of ether oxygens (including phenoxy) is 5. The highest BCUT2D eigenvalue weighted by Gasteiger charge is 2.33. The van der Waals surface area contributed by atoms with E-state index in [0.29, 0.717) is 17.9 Å². The Morgan fingerprint density at radius 1 is 1.02 bits per heavy atom. The third kappa shape index (κ3) is 7.86. The number of nitrogens with zero attached hydrogens (tertiary/aromatic N) is 1. The summed E-state index contributed by atoms with van der Waals surface area (Å²) in [7, 11) is 1.47. The lowest BCUT2D eigenvalue weighted by atomic mass is 10.1. The van der Waals surface area contributed by atoms with Crippen molar-refractivity contribution < 1.29 is 42.3 Å². The standard InChI is InChI=1S/C32H29ClN2O9S/c1-40-24-12-13-25(33)27(19-24)43-31-26(35(45(38)39)29-20-42-30(44-29)16-21-8-4-2-5-9-21)17-22(18-28(31)41-15-14-36)32(37)34-23-10-6-3-7-11-23/h2-13,17-20,30,36H,14-16H2,1H3,(H,34,37)(H,38,39). The predicted molar refractivity (Wildman–Crippen MR) is 169 cm³/mol. The van der Waals surface area contributed by atoms with Crippen LogP contribution in [0.5, 0.6) is 23.0 Å². The van der Waals surface area contributed by atoms with E-state index in [2.05, 4.69) is 5.32 Å². The number of nitrogens with one attached hydrogen (secondary N) is 1. The number of hydrogen-bond donors (Lipinski definition) is 3. The molecule has 234 valence electrons. The fourth-order valence-electron chi connectivity index (χ4n) is 4.35. The Kier molecular flexibility index (Phi) is 10.4. The summed E-state index contributed by atoms with van der Waals surface area (Å²) in [6, 6.07) is 25.6. The van der Waals surface area contributed by atoms with Crippen LogP contribution in [0.1, 0.15) is 15.9 Å². The molecule has 0 saturated carbocycles. The van der Waals surface area contributed by atoms with E-state index in [0.717, 1.165) is 9.87 Å². The lowest BCUT2D eigenvalue weighted by molar-refractivity contribution is -0.0298. The molecule has 45 heavy (non-hydrogen) atoms. The Morgan fingerprint density at radius 2 is 1.76 bits per heavy atom. The van der Waals surface area contributed by atoms with Crippen LogP contribution in [0.15, 0.2) is 103 Å². The Balaban J connectivity index is 1.60. The van der Waals surface area contributed by atoms with Crippen LogP contribution in [0.25, 0.3) is 0 Å². The summed E-state index contributed by atoms with van der Waals surface area (Å²) < 4.78 is 53.5. The Morgan fingerprint density at radius 3 is 2.44 bits per heavy atom. The highest BCUT2D eigenvalue weighted by molar-refractivity contribution is 7.81. The van der Waals surface area contributed by atoms with Crippen molar-refractivity contribution in [2.24, 2.45) is 0 Å². The minimum absolute atomic E-state index is 0.0329. The minimum atomic E-state index is -2.77. The summed E-state index contributed by atoms with van der Waals surface area (Å²) in [4.78, 5) is 13.4. The first-order valence-corrected chi connectivity index (χ1v) is 15.1. The molecule has 1 aliphatic rings. The van der Waals surface area contributed by atoms with Crippen LogP contribution >= 0.6 is 11.6 Å². The van der Waals surface area contributed by atoms with Gasteiger partial charge in [-0.15, -0.1) is 0 Å². The van der Waals surface area contributed by atoms with Gasteiger partial charge in [0.25, 0.3) is 17.2 Å². The molecule has 0 bridgehead atoms. The molecule has 3 N–H and O–H groups in total. The zero-order chi connectivity index (χ0) is 31.8. The molecule has 13 heteroatoms. The number of carbonyl (C=O) groups excluding carboxylic acids is 1. The molecule has 0 fully saturated rings. The molecule has 1 aliphatic heterocycles. The van der Waals surface area contributed by atoms with Crippen LogP contribution in [0, 0.1) is 0 Å². The number of amides is 1. The number of halogens is 1. The van der Waals surface area contributed by atoms with E-state index >= 15 is 0 Å². The number of hydrogen-bond acceptors (Lipinski definition) is 8. The van der Waals surface area contributed by atoms with E-state index < -0.39 is 23.5 Å². The normalized spacial score (nSPS) is 14.4. The molecule has 0 spiro atoms. The molecule has 5 rings (SSSR count). The van der Waals surface area contributed by atoms with Crippen LogP contribution in [-0.4, -0.2) is 46.4 Å². The molecular formula is C32H29ClN2O9S. The van der Waals surface area contributed by atoms with Crippen LogP contribution < -0.4 is 23.8 Å². The maximum Gasteiger partial charge on any atom is 0.269 e. The molecule has 2 unspecified atom stereocenters. The third-order valence-electron chi connectivity index (χ3n) is 6.42. The van der Waals surface area contributed by atoms with Gasteiger partial charge in [-0.2, -0.15) is 4.31 Å². The summed E-state index contributed by atoms with van der Waals surface area (Å²) in [5.41, 5.74) is 1.39. The second-order valence-electron chi connectivity index (χ2n) is 9.47. The smallest absolute Gasteiger partial charge is 0.269 e. The molecule has 11 nitrogen and oxygen atoms in total. The fourth-order valence-corrected chi connectivity index (χ4v) is 5.05. The van der Waals surface area contributed by atoms with Crippen molar-refractivity contribution in [3.63, 3.8) is 0 Å². The number of benzene rings is 4. The predicted octanol–water partition coefficient (Wildman–Crippen LogP) is 6.12. The highest BCUT2D eigenvalue weighted by atomic mass is 35.5. The molecule has 0 aromatic heterocycles. The number of aliphatic hydroxyl groups excluding tert-OH is 1. The lowest BCUT2D eigenvalue weighted by Gasteiger charge is -2.25. The fraction of sp³-hybridized carbons (Fsp3) is 0.156. The summed E-state index contributed by atoms with van der Waals surface area (Å²) in [6.07, 6.45) is 0.745. The largest absolute Gasteiger partial charge is 0.497 e. The average Bonchev–Trinajstić information content (AvgIpc) is 3.50. The number of rotatable bonds is 13. The molecule has 1 heterocycles. The maximum atomic E-state index is 13.4. The van der Waals surface area contributed by atoms with Gasteiger partial charge in [0.05, 0.1) is 18.7 Å². The average molecular weight is 653 g/mol. The number of para-hydroxylation sites is 1. The summed E-state index contributed by atoms with van der Waals surface area (Å²) in [5, 5.41) is 12.5. The first-order valence-electron chi connectivity index (χ1n) is 13.6. The minimum Gasteiger partial charge on any atom is -0.497 e. The Bertz CT molecular complexity index is 1690. The van der Waals surface area contributed by atoms with Gasteiger partial charge in [0.15, 0.2) is 11.5 Å². The molecule has 4 aromatic carbocycles. The van der Waals surface area contributed by atoms with Gasteiger partial charge in [-0.05, 0) is 42.0 Å². The monoisotopic (exact) mass is 652 g/mol. The van der Waals surface area contributed by atoms with E-state index in [1.54, 1.807) is 42.5 Å². The van der Waals surface area contributed by atoms with Crippen LogP contribution in [-0.2, 0) is 27.2 Å². The molecule has 2 atom stereocenters. The van der Waals surface area contributed by atoms with Gasteiger partial charge >= 0.3 is 0 Å². The zero-order valence-corrected chi connectivity index (χ0v) is 25.5. The van der Waals surface area contributed by atoms with Crippen molar-refractivity contribution in [3.05, 3.63) is 119 Å². The topological polar surface area (TPSA) is 136 Å². The molecule has 0 aliphatic carbocycles. The summed E-state index contributed by atoms with van der Waals surface area (Å²) in [5.74, 6) is -0.273. The van der Waals surface area contributed by atoms with E-state index in [-0.39, 0.29) is 52.6 Å². The van der Waals surface area contributed by atoms with Gasteiger partial charge in [0.1, 0.15) is 30.1 Å². The number of anilines is 2. The van der Waals surface area contributed by atoms with Crippen LogP contribution in [0.4, 0.5) is 11.4 Å². The van der Waals surface area contributed by atoms with Crippen LogP contribution in [0.3, 0.4) is 0 Å². The molecule has 1 amide bonds. The molecule has 0 radical (unpaired) electrons. The summed E-state index contributed by atoms with van der Waals surface area (Å²) >= 11 is 3.67. The second-order valence-corrected chi connectivity index (χ2v) is 10.7. The van der Waals surface area contributed by atoms with Gasteiger partial charge in [-0.3, -0.25) is 9.35 Å². The van der Waals surface area contributed by atoms with E-state index in [9.17, 15) is 18.7 Å². The lowest BCUT2D eigenvalue weighted by Crippen LogP contribution is -2.27. The van der Waals surface area contributed by atoms with Gasteiger partial charge in [-0.1, -0.05) is 60.1 Å². The van der Waals surface area contributed by atoms with Gasteiger partial charge in [0.2, 0.25) is 12.2 Å². The second kappa shape index (κ2) is 14.8. The van der Waals surface area contributed by atoms with Gasteiger partial charge in [-0.25, -0.2) is 4.21 Å². The first kappa shape index (κ1) is 31.7. The third-order valence-corrected chi connectivity index (χ3v) is 7.42. The number of methoxy groups -OCH3 is 1. The van der Waals surface area contributed by atoms with E-state index in [1.807, 2.05) is 30.3 Å². The van der Waals surface area contributed by atoms with Gasteiger partial charge in [0, 0.05) is 23.7 Å². The number of aliphatic hydroxyl groups is 1. The van der Waals surface area contributed by atoms with Crippen LogP contribution in [0.2, 0.25) is 5.02 Å². The number of carbonyl (C=O) groups is 1. The van der Waals surface area contributed by atoms with Crippen molar-refractivity contribution >= 4 is 40.1 Å². The Labute approximate surface area is 266 Å². The maximum absolute atomic E-state index is 13.4. The quantitative estimate of drug-likeness (QED) is 0.146. The van der Waals surface area contributed by atoms with E-state index in [4.69, 9.17) is 35.3 Å². The van der Waals surface area contributed by atoms with Crippen molar-refractivity contribution in [2.45, 2.75) is 12.7 Å². The first-order chi connectivity index (χ1) is 21.9. The Hall–Kier alpha value is -4.75.